The lowest BCUT2D eigenvalue weighted by atomic mass is 9.94. The fourth-order valence-corrected chi connectivity index (χ4v) is 4.08. The van der Waals surface area contributed by atoms with Gasteiger partial charge in [0, 0.05) is 35.0 Å². The maximum absolute atomic E-state index is 13.3. The van der Waals surface area contributed by atoms with E-state index in [1.807, 2.05) is 0 Å². The van der Waals surface area contributed by atoms with E-state index in [1.165, 1.54) is 50.5 Å². The largest absolute Gasteiger partial charge is 0.507 e. The molecule has 3 aromatic rings. The molecule has 10 heteroatoms. The molecule has 0 unspecified atom stereocenters. The molecule has 184 valence electrons. The first kappa shape index (κ1) is 24.3. The summed E-state index contributed by atoms with van der Waals surface area (Å²) in [5, 5.41) is 22.2. The van der Waals surface area contributed by atoms with Gasteiger partial charge in [-0.05, 0) is 48.5 Å². The number of ketones is 1. The van der Waals surface area contributed by atoms with Crippen molar-refractivity contribution in [1.82, 2.24) is 0 Å². The van der Waals surface area contributed by atoms with Gasteiger partial charge >= 0.3 is 0 Å². The summed E-state index contributed by atoms with van der Waals surface area (Å²) in [4.78, 5) is 38.3. The van der Waals surface area contributed by atoms with Crippen molar-refractivity contribution in [3.63, 3.8) is 0 Å². The van der Waals surface area contributed by atoms with E-state index in [0.29, 0.717) is 28.5 Å². The third-order valence-electron chi connectivity index (χ3n) is 5.88. The number of carbonyl (C=O) groups is 2. The minimum Gasteiger partial charge on any atom is -0.507 e. The molecule has 1 heterocycles. The highest BCUT2D eigenvalue weighted by Crippen LogP contribution is 2.46. The summed E-state index contributed by atoms with van der Waals surface area (Å²) >= 11 is 0. The number of hydrogen-bond donors (Lipinski definition) is 1. The first-order valence-electron chi connectivity index (χ1n) is 10.7. The zero-order valence-corrected chi connectivity index (χ0v) is 19.6. The van der Waals surface area contributed by atoms with Crippen molar-refractivity contribution in [3.05, 3.63) is 93.5 Å². The van der Waals surface area contributed by atoms with E-state index in [0.717, 1.165) is 0 Å². The van der Waals surface area contributed by atoms with Crippen LogP contribution in [0.4, 0.5) is 11.4 Å². The predicted octanol–water partition coefficient (Wildman–Crippen LogP) is 4.25. The Morgan fingerprint density at radius 2 is 1.50 bits per heavy atom. The number of nitro benzene ring substituents is 1. The Morgan fingerprint density at radius 1 is 0.889 bits per heavy atom. The molecule has 1 saturated heterocycles. The molecule has 0 spiro atoms. The number of benzene rings is 3. The summed E-state index contributed by atoms with van der Waals surface area (Å²) in [6.07, 6.45) is 0. The molecule has 3 aromatic carbocycles. The van der Waals surface area contributed by atoms with Crippen molar-refractivity contribution >= 4 is 28.8 Å². The lowest BCUT2D eigenvalue weighted by molar-refractivity contribution is -0.384. The maximum Gasteiger partial charge on any atom is 0.300 e. The number of methoxy groups -OCH3 is 3. The van der Waals surface area contributed by atoms with E-state index >= 15 is 0 Å². The third-order valence-corrected chi connectivity index (χ3v) is 5.88. The normalized spacial score (nSPS) is 16.6. The average molecular weight is 490 g/mol. The zero-order valence-electron chi connectivity index (χ0n) is 19.6. The molecular formula is C26H22N2O8. The summed E-state index contributed by atoms with van der Waals surface area (Å²) in [6, 6.07) is 15.4. The number of ether oxygens (including phenoxy) is 3. The monoisotopic (exact) mass is 490 g/mol. The van der Waals surface area contributed by atoms with Gasteiger partial charge in [0.05, 0.1) is 37.9 Å². The highest BCUT2D eigenvalue weighted by Gasteiger charge is 2.48. The Labute approximate surface area is 206 Å². The summed E-state index contributed by atoms with van der Waals surface area (Å²) in [7, 11) is 4.44. The van der Waals surface area contributed by atoms with Crippen LogP contribution in [0.5, 0.6) is 17.2 Å². The Bertz CT molecular complexity index is 1360. The maximum atomic E-state index is 13.3. The van der Waals surface area contributed by atoms with Gasteiger partial charge in [-0.15, -0.1) is 0 Å². The fourth-order valence-electron chi connectivity index (χ4n) is 4.08. The fraction of sp³-hybridized carbons (Fsp3) is 0.154. The molecule has 36 heavy (non-hydrogen) atoms. The van der Waals surface area contributed by atoms with Crippen LogP contribution in [0.25, 0.3) is 5.76 Å². The van der Waals surface area contributed by atoms with E-state index in [9.17, 15) is 24.8 Å². The summed E-state index contributed by atoms with van der Waals surface area (Å²) in [6.45, 7) is 0. The minimum absolute atomic E-state index is 0.144. The van der Waals surface area contributed by atoms with E-state index in [4.69, 9.17) is 14.2 Å². The Balaban J connectivity index is 1.95. The number of carbonyl (C=O) groups excluding carboxylic acids is 2. The van der Waals surface area contributed by atoms with Gasteiger partial charge < -0.3 is 19.3 Å². The third kappa shape index (κ3) is 4.20. The molecule has 1 aliphatic rings. The predicted molar refractivity (Wildman–Crippen MR) is 130 cm³/mol. The number of anilines is 1. The summed E-state index contributed by atoms with van der Waals surface area (Å²) in [5.41, 5.74) is 0.595. The highest BCUT2D eigenvalue weighted by atomic mass is 16.6. The molecule has 1 fully saturated rings. The molecule has 0 saturated carbocycles. The number of aliphatic hydroxyl groups is 1. The van der Waals surface area contributed by atoms with Gasteiger partial charge in [-0.25, -0.2) is 0 Å². The topological polar surface area (TPSA) is 128 Å². The molecule has 0 aromatic heterocycles. The van der Waals surface area contributed by atoms with Crippen molar-refractivity contribution in [2.75, 3.05) is 26.2 Å². The molecule has 0 aliphatic carbocycles. The Morgan fingerprint density at radius 3 is 2.06 bits per heavy atom. The van der Waals surface area contributed by atoms with Crippen LogP contribution < -0.4 is 19.1 Å². The zero-order chi connectivity index (χ0) is 26.0. The quantitative estimate of drug-likeness (QED) is 0.171. The smallest absolute Gasteiger partial charge is 0.300 e. The Kier molecular flexibility index (Phi) is 6.60. The van der Waals surface area contributed by atoms with Crippen LogP contribution in [0, 0.1) is 10.1 Å². The first-order valence-corrected chi connectivity index (χ1v) is 10.7. The second kappa shape index (κ2) is 9.79. The molecule has 1 amide bonds. The minimum atomic E-state index is -1.06. The molecule has 0 radical (unpaired) electrons. The van der Waals surface area contributed by atoms with Crippen molar-refractivity contribution in [2.45, 2.75) is 6.04 Å². The molecule has 10 nitrogen and oxygen atoms in total. The van der Waals surface area contributed by atoms with Gasteiger partial charge in [0.2, 0.25) is 0 Å². The van der Waals surface area contributed by atoms with Gasteiger partial charge in [-0.3, -0.25) is 24.6 Å². The summed E-state index contributed by atoms with van der Waals surface area (Å²) < 4.78 is 16.0. The number of rotatable bonds is 7. The van der Waals surface area contributed by atoms with Crippen LogP contribution in [0.3, 0.4) is 0 Å². The van der Waals surface area contributed by atoms with Crippen molar-refractivity contribution < 1.29 is 33.8 Å². The number of Topliss-reactive ketones (excluding diaryl/α,β-unsaturated/α-hetero) is 1. The van der Waals surface area contributed by atoms with Crippen LogP contribution in [0.15, 0.2) is 72.3 Å². The van der Waals surface area contributed by atoms with E-state index in [1.54, 1.807) is 42.5 Å². The van der Waals surface area contributed by atoms with Gasteiger partial charge in [0.25, 0.3) is 17.4 Å². The van der Waals surface area contributed by atoms with Crippen LogP contribution in [-0.2, 0) is 9.59 Å². The van der Waals surface area contributed by atoms with Gasteiger partial charge in [0.1, 0.15) is 23.0 Å². The summed E-state index contributed by atoms with van der Waals surface area (Å²) in [5.74, 6) is -0.861. The first-order chi connectivity index (χ1) is 17.3. The van der Waals surface area contributed by atoms with E-state index in [2.05, 4.69) is 0 Å². The lowest BCUT2D eigenvalue weighted by Gasteiger charge is -2.27. The Hall–Kier alpha value is -4.86. The second-order valence-corrected chi connectivity index (χ2v) is 7.78. The van der Waals surface area contributed by atoms with Crippen LogP contribution in [0.2, 0.25) is 0 Å². The number of non-ortho nitro benzene ring substituents is 1. The lowest BCUT2D eigenvalue weighted by Crippen LogP contribution is -2.29. The van der Waals surface area contributed by atoms with Crippen molar-refractivity contribution in [3.8, 4) is 17.2 Å². The van der Waals surface area contributed by atoms with Crippen LogP contribution in [0.1, 0.15) is 17.2 Å². The second-order valence-electron chi connectivity index (χ2n) is 7.78. The standard InChI is InChI=1S/C26H22N2O8/c1-34-18-10-8-16(9-11-18)27-23(20-13-12-19(35-2)14-21(20)36-3)22(25(30)26(27)31)24(29)15-4-6-17(7-5-15)28(32)33/h4-14,23,29H,1-3H3/t23-/m1/s1. The van der Waals surface area contributed by atoms with Gasteiger partial charge in [0.15, 0.2) is 0 Å². The van der Waals surface area contributed by atoms with Gasteiger partial charge in [-0.2, -0.15) is 0 Å². The average Bonchev–Trinajstić information content (AvgIpc) is 3.17. The van der Waals surface area contributed by atoms with E-state index in [-0.39, 0.29) is 16.8 Å². The van der Waals surface area contributed by atoms with Crippen LogP contribution >= 0.6 is 0 Å². The number of amides is 1. The molecule has 1 atom stereocenters. The highest BCUT2D eigenvalue weighted by molar-refractivity contribution is 6.51. The van der Waals surface area contributed by atoms with Crippen molar-refractivity contribution in [1.29, 1.82) is 0 Å². The molecular weight excluding hydrogens is 468 g/mol. The van der Waals surface area contributed by atoms with Gasteiger partial charge in [-0.1, -0.05) is 0 Å². The van der Waals surface area contributed by atoms with E-state index < -0.39 is 28.4 Å². The number of nitro groups is 1. The molecule has 1 N–H and O–H groups in total. The molecule has 4 rings (SSSR count). The number of aliphatic hydroxyl groups excluding tert-OH is 1. The van der Waals surface area contributed by atoms with Crippen molar-refractivity contribution in [2.24, 2.45) is 0 Å². The number of nitrogens with zero attached hydrogens (tertiary/aromatic N) is 2. The molecule has 1 aliphatic heterocycles. The number of hydrogen-bond acceptors (Lipinski definition) is 8. The van der Waals surface area contributed by atoms with Crippen LogP contribution in [-0.4, -0.2) is 43.0 Å². The SMILES string of the molecule is COc1ccc(N2C(=O)C(=O)C(=C(O)c3ccc([N+](=O)[O-])cc3)[C@H]2c2ccc(OC)cc2OC)cc1. The molecule has 0 bridgehead atoms.